The number of nitrogens with one attached hydrogen (secondary N) is 2. The van der Waals surface area contributed by atoms with Gasteiger partial charge < -0.3 is 20.5 Å². The first-order valence-electron chi connectivity index (χ1n) is 8.92. The van der Waals surface area contributed by atoms with Crippen LogP contribution >= 0.6 is 0 Å². The Morgan fingerprint density at radius 1 is 1.00 bits per heavy atom. The topological polar surface area (TPSA) is 105 Å². The lowest BCUT2D eigenvalue weighted by Crippen LogP contribution is -2.42. The summed E-state index contributed by atoms with van der Waals surface area (Å²) < 4.78 is 5.22. The summed E-state index contributed by atoms with van der Waals surface area (Å²) in [6, 6.07) is 9.15. The van der Waals surface area contributed by atoms with Crippen molar-refractivity contribution in [3.8, 4) is 0 Å². The summed E-state index contributed by atoms with van der Waals surface area (Å²) in [6.07, 6.45) is 1.22. The van der Waals surface area contributed by atoms with E-state index in [0.29, 0.717) is 19.3 Å². The van der Waals surface area contributed by atoms with E-state index in [1.165, 1.54) is 0 Å². The Morgan fingerprint density at radius 3 is 2.19 bits per heavy atom. The number of carboxylic acids is 1. The summed E-state index contributed by atoms with van der Waals surface area (Å²) in [5, 5.41) is 14.3. The molecule has 0 spiro atoms. The molecule has 7 nitrogen and oxygen atoms in total. The van der Waals surface area contributed by atoms with Crippen LogP contribution in [0.2, 0.25) is 0 Å². The zero-order valence-electron chi connectivity index (χ0n) is 15.4. The Labute approximate surface area is 154 Å². The van der Waals surface area contributed by atoms with E-state index >= 15 is 0 Å². The highest BCUT2D eigenvalue weighted by Gasteiger charge is 2.18. The average molecular weight is 364 g/mol. The first kappa shape index (κ1) is 21.5. The lowest BCUT2D eigenvalue weighted by molar-refractivity contribution is -0.138. The molecule has 2 unspecified atom stereocenters. The van der Waals surface area contributed by atoms with Gasteiger partial charge in [-0.3, -0.25) is 9.59 Å². The molecule has 1 aromatic carbocycles. The van der Waals surface area contributed by atoms with E-state index in [0.717, 1.165) is 5.56 Å². The molecule has 0 bridgehead atoms. The number of benzene rings is 1. The molecule has 0 heterocycles. The van der Waals surface area contributed by atoms with Gasteiger partial charge in [-0.15, -0.1) is 0 Å². The van der Waals surface area contributed by atoms with Gasteiger partial charge in [0.05, 0.1) is 6.42 Å². The third-order valence-electron chi connectivity index (χ3n) is 4.02. The van der Waals surface area contributed by atoms with Crippen molar-refractivity contribution in [2.24, 2.45) is 0 Å². The number of carbonyl (C=O) groups excluding carboxylic acids is 2. The van der Waals surface area contributed by atoms with Gasteiger partial charge in [0.1, 0.15) is 6.61 Å². The van der Waals surface area contributed by atoms with Crippen molar-refractivity contribution >= 4 is 18.0 Å². The molecule has 0 aromatic heterocycles. The van der Waals surface area contributed by atoms with Gasteiger partial charge in [0, 0.05) is 18.5 Å². The van der Waals surface area contributed by atoms with E-state index in [1.54, 1.807) is 0 Å². The first-order valence-corrected chi connectivity index (χ1v) is 8.92. The predicted octanol–water partition coefficient (Wildman–Crippen LogP) is 2.84. The van der Waals surface area contributed by atoms with Crippen molar-refractivity contribution < 1.29 is 24.2 Å². The van der Waals surface area contributed by atoms with Gasteiger partial charge in [0.2, 0.25) is 5.91 Å². The Kier molecular flexibility index (Phi) is 9.82. The van der Waals surface area contributed by atoms with E-state index in [1.807, 2.05) is 44.2 Å². The van der Waals surface area contributed by atoms with E-state index in [4.69, 9.17) is 9.84 Å². The highest BCUT2D eigenvalue weighted by Crippen LogP contribution is 2.08. The van der Waals surface area contributed by atoms with Crippen LogP contribution in [0.5, 0.6) is 0 Å². The zero-order chi connectivity index (χ0) is 19.4. The number of amides is 2. The number of rotatable bonds is 11. The summed E-state index contributed by atoms with van der Waals surface area (Å²) in [7, 11) is 0. The van der Waals surface area contributed by atoms with Gasteiger partial charge in [-0.25, -0.2) is 4.79 Å². The van der Waals surface area contributed by atoms with Crippen molar-refractivity contribution in [3.63, 3.8) is 0 Å². The molecular formula is C19H28N2O5. The largest absolute Gasteiger partial charge is 0.481 e. The van der Waals surface area contributed by atoms with Crippen LogP contribution < -0.4 is 10.6 Å². The van der Waals surface area contributed by atoms with Crippen LogP contribution in [-0.2, 0) is 20.9 Å². The first-order chi connectivity index (χ1) is 12.4. The molecule has 7 heteroatoms. The molecule has 0 aliphatic carbocycles. The number of alkyl carbamates (subject to hydrolysis) is 1. The molecule has 0 aliphatic rings. The number of ether oxygens (including phenoxy) is 1. The normalized spacial score (nSPS) is 12.7. The maximum Gasteiger partial charge on any atom is 0.407 e. The van der Waals surface area contributed by atoms with Crippen molar-refractivity contribution in [1.29, 1.82) is 0 Å². The number of carbonyl (C=O) groups is 3. The third kappa shape index (κ3) is 9.05. The van der Waals surface area contributed by atoms with Crippen LogP contribution in [-0.4, -0.2) is 35.2 Å². The number of hydrogen-bond donors (Lipinski definition) is 3. The second-order valence-electron chi connectivity index (χ2n) is 6.11. The Bertz CT molecular complexity index is 577. The minimum atomic E-state index is -0.998. The third-order valence-corrected chi connectivity index (χ3v) is 4.02. The molecule has 1 aromatic rings. The second kappa shape index (κ2) is 11.9. The van der Waals surface area contributed by atoms with Crippen LogP contribution in [0.4, 0.5) is 4.79 Å². The Morgan fingerprint density at radius 2 is 1.62 bits per heavy atom. The number of aliphatic carboxylic acids is 1. The van der Waals surface area contributed by atoms with Crippen molar-refractivity contribution in [3.05, 3.63) is 35.9 Å². The second-order valence-corrected chi connectivity index (χ2v) is 6.11. The Hall–Kier alpha value is -2.57. The zero-order valence-corrected chi connectivity index (χ0v) is 15.4. The molecule has 2 atom stereocenters. The summed E-state index contributed by atoms with van der Waals surface area (Å²) in [5.41, 5.74) is 0.910. The van der Waals surface area contributed by atoms with E-state index in [9.17, 15) is 14.4 Å². The van der Waals surface area contributed by atoms with Crippen molar-refractivity contribution in [2.75, 3.05) is 0 Å². The molecule has 0 radical (unpaired) electrons. The smallest absolute Gasteiger partial charge is 0.407 e. The summed E-state index contributed by atoms with van der Waals surface area (Å²) in [6.45, 7) is 4.08. The molecule has 26 heavy (non-hydrogen) atoms. The van der Waals surface area contributed by atoms with Gasteiger partial charge in [0.15, 0.2) is 0 Å². The molecular weight excluding hydrogens is 336 g/mol. The summed E-state index contributed by atoms with van der Waals surface area (Å²) >= 11 is 0. The molecule has 0 saturated carbocycles. The van der Waals surface area contributed by atoms with Crippen LogP contribution in [0.1, 0.15) is 51.5 Å². The standard InChI is InChI=1S/C19H28N2O5/c1-3-15(20-17(22)10-11-18(23)24)12-16(4-2)21-19(25)26-13-14-8-6-5-7-9-14/h5-9,15-16H,3-4,10-13H2,1-2H3,(H,20,22)(H,21,25)(H,23,24). The maximum absolute atomic E-state index is 12.0. The van der Waals surface area contributed by atoms with E-state index in [-0.39, 0.29) is 37.4 Å². The average Bonchev–Trinajstić information content (AvgIpc) is 2.64. The van der Waals surface area contributed by atoms with Crippen LogP contribution in [0.25, 0.3) is 0 Å². The fraction of sp³-hybridized carbons (Fsp3) is 0.526. The summed E-state index contributed by atoms with van der Waals surface area (Å²) in [4.78, 5) is 34.3. The SMILES string of the molecule is CCC(CC(CC)NC(=O)OCc1ccccc1)NC(=O)CCC(=O)O. The molecule has 144 valence electrons. The molecule has 0 saturated heterocycles. The van der Waals surface area contributed by atoms with Gasteiger partial charge in [0.25, 0.3) is 0 Å². The molecule has 1 rings (SSSR count). The molecule has 0 fully saturated rings. The van der Waals surface area contributed by atoms with Gasteiger partial charge in [-0.1, -0.05) is 44.2 Å². The maximum atomic E-state index is 12.0. The summed E-state index contributed by atoms with van der Waals surface area (Å²) in [5.74, 6) is -1.29. The fourth-order valence-corrected chi connectivity index (χ4v) is 2.45. The van der Waals surface area contributed by atoms with Crippen molar-refractivity contribution in [2.45, 2.75) is 64.6 Å². The lowest BCUT2D eigenvalue weighted by atomic mass is 10.0. The van der Waals surface area contributed by atoms with Gasteiger partial charge in [-0.2, -0.15) is 0 Å². The molecule has 0 aliphatic heterocycles. The highest BCUT2D eigenvalue weighted by molar-refractivity contribution is 5.80. The van der Waals surface area contributed by atoms with Crippen LogP contribution in [0.3, 0.4) is 0 Å². The van der Waals surface area contributed by atoms with Gasteiger partial charge >= 0.3 is 12.1 Å². The monoisotopic (exact) mass is 364 g/mol. The highest BCUT2D eigenvalue weighted by atomic mass is 16.5. The number of hydrogen-bond acceptors (Lipinski definition) is 4. The number of carboxylic acid groups (broad SMARTS) is 1. The van der Waals surface area contributed by atoms with Crippen molar-refractivity contribution in [1.82, 2.24) is 10.6 Å². The predicted molar refractivity (Wildman–Crippen MR) is 97.6 cm³/mol. The molecule has 3 N–H and O–H groups in total. The van der Waals surface area contributed by atoms with Crippen LogP contribution in [0.15, 0.2) is 30.3 Å². The lowest BCUT2D eigenvalue weighted by Gasteiger charge is -2.23. The minimum Gasteiger partial charge on any atom is -0.481 e. The fourth-order valence-electron chi connectivity index (χ4n) is 2.45. The van der Waals surface area contributed by atoms with Gasteiger partial charge in [-0.05, 0) is 24.8 Å². The molecule has 2 amide bonds. The van der Waals surface area contributed by atoms with E-state index in [2.05, 4.69) is 10.6 Å². The van der Waals surface area contributed by atoms with E-state index < -0.39 is 12.1 Å². The quantitative estimate of drug-likeness (QED) is 0.560. The van der Waals surface area contributed by atoms with Crippen LogP contribution in [0, 0.1) is 0 Å². The minimum absolute atomic E-state index is 0.0465. The Balaban J connectivity index is 2.41.